The van der Waals surface area contributed by atoms with Gasteiger partial charge in [-0.25, -0.2) is 9.55 Å². The molecule has 1 atom stereocenters. The Kier molecular flexibility index (Phi) is 4.56. The van der Waals surface area contributed by atoms with Crippen LogP contribution in [0.4, 0.5) is 0 Å². The van der Waals surface area contributed by atoms with Gasteiger partial charge in [-0.1, -0.05) is 42.1 Å². The number of rotatable bonds is 5. The molecule has 4 aromatic rings. The molecule has 2 heterocycles. The highest BCUT2D eigenvalue weighted by molar-refractivity contribution is 8.00. The van der Waals surface area contributed by atoms with Crippen molar-refractivity contribution in [2.45, 2.75) is 17.3 Å². The number of methoxy groups -OCH3 is 1. The number of carbonyl (C=O) groups is 1. The Bertz CT molecular complexity index is 1260. The van der Waals surface area contributed by atoms with E-state index in [1.165, 1.54) is 18.6 Å². The van der Waals surface area contributed by atoms with Crippen molar-refractivity contribution in [2.75, 3.05) is 7.11 Å². The second-order valence-electron chi connectivity index (χ2n) is 6.18. The number of carboxylic acid groups (broad SMARTS) is 1. The molecule has 0 aliphatic rings. The molecule has 4 rings (SSSR count). The van der Waals surface area contributed by atoms with Gasteiger partial charge in [-0.15, -0.1) is 0 Å². The molecule has 0 saturated heterocycles. The fourth-order valence-electron chi connectivity index (χ4n) is 3.05. The second-order valence-corrected chi connectivity index (χ2v) is 7.49. The van der Waals surface area contributed by atoms with Crippen molar-refractivity contribution in [2.24, 2.45) is 0 Å². The number of thioether (sulfide) groups is 1. The lowest BCUT2D eigenvalue weighted by Crippen LogP contribution is -2.32. The maximum atomic E-state index is 13.4. The predicted molar refractivity (Wildman–Crippen MR) is 106 cm³/mol. The Balaban J connectivity index is 2.08. The lowest BCUT2D eigenvalue weighted by atomic mass is 10.2. The van der Waals surface area contributed by atoms with Crippen LogP contribution in [0.1, 0.15) is 6.92 Å². The molecule has 7 nitrogen and oxygen atoms in total. The van der Waals surface area contributed by atoms with E-state index in [1.807, 2.05) is 24.3 Å². The lowest BCUT2D eigenvalue weighted by molar-refractivity contribution is -0.304. The molecule has 0 unspecified atom stereocenters. The zero-order valence-corrected chi connectivity index (χ0v) is 15.9. The zero-order valence-electron chi connectivity index (χ0n) is 15.1. The predicted octanol–water partition coefficient (Wildman–Crippen LogP) is 2.11. The summed E-state index contributed by atoms with van der Waals surface area (Å²) in [5, 5.41) is 11.5. The number of para-hydroxylation sites is 3. The van der Waals surface area contributed by atoms with Gasteiger partial charge < -0.3 is 19.6 Å². The first-order chi connectivity index (χ1) is 13.5. The highest BCUT2D eigenvalue weighted by atomic mass is 32.2. The number of aromatic amines is 1. The average molecular weight is 394 g/mol. The van der Waals surface area contributed by atoms with E-state index in [0.717, 1.165) is 22.7 Å². The fraction of sp³-hybridized carbons (Fsp3) is 0.150. The monoisotopic (exact) mass is 394 g/mol. The van der Waals surface area contributed by atoms with Crippen LogP contribution in [0.15, 0.2) is 58.5 Å². The van der Waals surface area contributed by atoms with Crippen molar-refractivity contribution in [1.82, 2.24) is 14.5 Å². The maximum Gasteiger partial charge on any atom is 0.283 e. The summed E-state index contributed by atoms with van der Waals surface area (Å²) in [5.41, 5.74) is 1.77. The Morgan fingerprint density at radius 3 is 2.68 bits per heavy atom. The molecular weight excluding hydrogens is 378 g/mol. The smallest absolute Gasteiger partial charge is 0.283 e. The summed E-state index contributed by atoms with van der Waals surface area (Å²) < 4.78 is 6.77. The first kappa shape index (κ1) is 18.1. The molecule has 0 saturated carbocycles. The maximum absolute atomic E-state index is 13.4. The molecule has 2 aromatic heterocycles. The molecule has 0 radical (unpaired) electrons. The van der Waals surface area contributed by atoms with Crippen LogP contribution in [0.3, 0.4) is 0 Å². The van der Waals surface area contributed by atoms with Crippen molar-refractivity contribution in [1.29, 1.82) is 0 Å². The Hall–Kier alpha value is -3.26. The van der Waals surface area contributed by atoms with Crippen LogP contribution in [0, 0.1) is 0 Å². The van der Waals surface area contributed by atoms with E-state index in [-0.39, 0.29) is 10.7 Å². The van der Waals surface area contributed by atoms with Crippen molar-refractivity contribution in [3.8, 4) is 11.4 Å². The van der Waals surface area contributed by atoms with Gasteiger partial charge in [-0.2, -0.15) is 0 Å². The fourth-order valence-corrected chi connectivity index (χ4v) is 3.90. The van der Waals surface area contributed by atoms with Crippen LogP contribution in [0.2, 0.25) is 0 Å². The Labute approximate surface area is 164 Å². The highest BCUT2D eigenvalue weighted by Crippen LogP contribution is 2.30. The summed E-state index contributed by atoms with van der Waals surface area (Å²) in [6, 6.07) is 14.5. The quantitative estimate of drug-likeness (QED) is 0.411. The number of hydrogen-bond acceptors (Lipinski definition) is 6. The molecule has 0 aliphatic carbocycles. The molecule has 0 aliphatic heterocycles. The standard InChI is InChI=1S/C20H17N3O4S/c1-11(19(25)26)28-20-22-16-12-7-3-4-8-13(12)21-17(16)18(24)23(20)14-9-5-6-10-15(14)27-2/h3-11,21H,1-2H3,(H,25,26)/p-1/t11-/m0/s1. The highest BCUT2D eigenvalue weighted by Gasteiger charge is 2.20. The Morgan fingerprint density at radius 2 is 1.93 bits per heavy atom. The number of carboxylic acids is 1. The molecule has 1 N–H and O–H groups in total. The van der Waals surface area contributed by atoms with Crippen LogP contribution >= 0.6 is 11.8 Å². The summed E-state index contributed by atoms with van der Waals surface area (Å²) >= 11 is 0.954. The van der Waals surface area contributed by atoms with Gasteiger partial charge in [0.2, 0.25) is 0 Å². The van der Waals surface area contributed by atoms with E-state index >= 15 is 0 Å². The van der Waals surface area contributed by atoms with Gasteiger partial charge in [0.15, 0.2) is 5.16 Å². The molecule has 0 spiro atoms. The summed E-state index contributed by atoms with van der Waals surface area (Å²) in [6.07, 6.45) is 0. The van der Waals surface area contributed by atoms with Crippen LogP contribution in [-0.2, 0) is 4.79 Å². The number of nitrogens with one attached hydrogen (secondary N) is 1. The third-order valence-corrected chi connectivity index (χ3v) is 5.47. The van der Waals surface area contributed by atoms with Crippen LogP contribution in [-0.4, -0.2) is 32.9 Å². The van der Waals surface area contributed by atoms with E-state index < -0.39 is 11.2 Å². The Morgan fingerprint density at radius 1 is 1.21 bits per heavy atom. The summed E-state index contributed by atoms with van der Waals surface area (Å²) in [6.45, 7) is 1.50. The average Bonchev–Trinajstić information content (AvgIpc) is 3.07. The first-order valence-electron chi connectivity index (χ1n) is 8.55. The van der Waals surface area contributed by atoms with Gasteiger partial charge in [0.1, 0.15) is 16.8 Å². The van der Waals surface area contributed by atoms with Crippen LogP contribution in [0.25, 0.3) is 27.6 Å². The van der Waals surface area contributed by atoms with E-state index in [1.54, 1.807) is 24.3 Å². The zero-order chi connectivity index (χ0) is 19.8. The summed E-state index contributed by atoms with van der Waals surface area (Å²) in [4.78, 5) is 32.5. The van der Waals surface area contributed by atoms with E-state index in [9.17, 15) is 14.7 Å². The minimum atomic E-state index is -1.23. The number of hydrogen-bond donors (Lipinski definition) is 1. The van der Waals surface area contributed by atoms with Gasteiger partial charge in [-0.3, -0.25) is 4.79 Å². The van der Waals surface area contributed by atoms with Gasteiger partial charge in [0.05, 0.1) is 18.8 Å². The summed E-state index contributed by atoms with van der Waals surface area (Å²) in [5.74, 6) is -0.755. The van der Waals surface area contributed by atoms with Gasteiger partial charge in [0, 0.05) is 16.2 Å². The molecular formula is C20H16N3O4S-. The van der Waals surface area contributed by atoms with E-state index in [0.29, 0.717) is 22.5 Å². The lowest BCUT2D eigenvalue weighted by Gasteiger charge is -2.17. The molecule has 0 fully saturated rings. The SMILES string of the molecule is COc1ccccc1-n1c(S[C@@H](C)C(=O)[O-])nc2c([nH]c3ccccc32)c1=O. The molecule has 0 bridgehead atoms. The normalized spacial score (nSPS) is 12.4. The largest absolute Gasteiger partial charge is 0.549 e. The number of aliphatic carboxylic acids is 1. The minimum absolute atomic E-state index is 0.253. The summed E-state index contributed by atoms with van der Waals surface area (Å²) in [7, 11) is 1.51. The van der Waals surface area contributed by atoms with Crippen molar-refractivity contribution < 1.29 is 14.6 Å². The topological polar surface area (TPSA) is 100 Å². The minimum Gasteiger partial charge on any atom is -0.549 e. The molecule has 142 valence electrons. The number of aromatic nitrogens is 3. The van der Waals surface area contributed by atoms with Crippen LogP contribution < -0.4 is 15.4 Å². The number of carbonyl (C=O) groups excluding carboxylic acids is 1. The number of fused-ring (bicyclic) bond motifs is 3. The van der Waals surface area contributed by atoms with Gasteiger partial charge in [-0.05, 0) is 25.1 Å². The van der Waals surface area contributed by atoms with E-state index in [2.05, 4.69) is 9.97 Å². The number of nitrogens with zero attached hydrogens (tertiary/aromatic N) is 2. The first-order valence-corrected chi connectivity index (χ1v) is 9.43. The number of H-pyrrole nitrogens is 1. The number of benzene rings is 2. The molecule has 2 aromatic carbocycles. The molecule has 8 heteroatoms. The number of ether oxygens (including phenoxy) is 1. The van der Waals surface area contributed by atoms with Crippen molar-refractivity contribution in [3.05, 3.63) is 58.9 Å². The molecule has 0 amide bonds. The molecule has 28 heavy (non-hydrogen) atoms. The van der Waals surface area contributed by atoms with E-state index in [4.69, 9.17) is 4.74 Å². The van der Waals surface area contributed by atoms with Gasteiger partial charge in [0.25, 0.3) is 5.56 Å². The van der Waals surface area contributed by atoms with Crippen molar-refractivity contribution >= 4 is 39.7 Å². The third kappa shape index (κ3) is 2.91. The third-order valence-electron chi connectivity index (χ3n) is 4.43. The van der Waals surface area contributed by atoms with Crippen molar-refractivity contribution in [3.63, 3.8) is 0 Å². The second kappa shape index (κ2) is 7.05. The van der Waals surface area contributed by atoms with Crippen LogP contribution in [0.5, 0.6) is 5.75 Å². The van der Waals surface area contributed by atoms with Gasteiger partial charge >= 0.3 is 0 Å².